The number of nitrogens with zero attached hydrogens (tertiary/aromatic N) is 4. The maximum absolute atomic E-state index is 13.8. The van der Waals surface area contributed by atoms with Crippen LogP contribution >= 0.6 is 0 Å². The monoisotopic (exact) mass is 343 g/mol. The smallest absolute Gasteiger partial charge is 0.321 e. The maximum atomic E-state index is 13.8. The topological polar surface area (TPSA) is 53.4 Å². The van der Waals surface area contributed by atoms with Gasteiger partial charge in [0.05, 0.1) is 18.1 Å². The molecule has 2 bridgehead atoms. The van der Waals surface area contributed by atoms with E-state index < -0.39 is 0 Å². The molecule has 2 atom stereocenters. The molecule has 6 nitrogen and oxygen atoms in total. The predicted molar refractivity (Wildman–Crippen MR) is 93.3 cm³/mol. The quantitative estimate of drug-likeness (QED) is 0.912. The number of urea groups is 1. The van der Waals surface area contributed by atoms with Gasteiger partial charge in [0, 0.05) is 25.2 Å². The normalized spacial score (nSPS) is 23.5. The third-order valence-electron chi connectivity index (χ3n) is 5.37. The fourth-order valence-electron chi connectivity index (χ4n) is 3.85. The first-order valence-corrected chi connectivity index (χ1v) is 8.69. The molecular weight excluding hydrogens is 321 g/mol. The number of carbonyl (C=O) groups excluding carboxylic acids is 1. The van der Waals surface area contributed by atoms with Crippen molar-refractivity contribution in [1.29, 1.82) is 0 Å². The first-order valence-electron chi connectivity index (χ1n) is 8.69. The summed E-state index contributed by atoms with van der Waals surface area (Å²) in [7, 11) is 2.15. The second-order valence-corrected chi connectivity index (χ2v) is 6.84. The predicted octanol–water partition coefficient (Wildman–Crippen LogP) is 2.71. The van der Waals surface area contributed by atoms with Gasteiger partial charge in [-0.3, -0.25) is 4.90 Å². The lowest BCUT2D eigenvalue weighted by molar-refractivity contribution is 0.200. The Kier molecular flexibility index (Phi) is 4.17. The summed E-state index contributed by atoms with van der Waals surface area (Å²) >= 11 is 0. The first kappa shape index (κ1) is 16.1. The van der Waals surface area contributed by atoms with E-state index in [1.165, 1.54) is 17.2 Å². The number of amides is 2. The summed E-state index contributed by atoms with van der Waals surface area (Å²) in [5.74, 6) is -0.352. The molecule has 1 aromatic heterocycles. The Balaban J connectivity index is 1.44. The van der Waals surface area contributed by atoms with Crippen LogP contribution in [0.5, 0.6) is 0 Å². The summed E-state index contributed by atoms with van der Waals surface area (Å²) in [4.78, 5) is 16.9. The molecule has 2 aromatic rings. The molecule has 132 valence electrons. The van der Waals surface area contributed by atoms with Crippen LogP contribution in [0.25, 0.3) is 5.69 Å². The average molecular weight is 343 g/mol. The van der Waals surface area contributed by atoms with Crippen LogP contribution in [-0.2, 0) is 0 Å². The lowest BCUT2D eigenvalue weighted by Crippen LogP contribution is -2.41. The fourth-order valence-corrected chi connectivity index (χ4v) is 3.85. The molecule has 2 amide bonds. The Bertz CT molecular complexity index is 776. The van der Waals surface area contributed by atoms with E-state index in [4.69, 9.17) is 0 Å². The van der Waals surface area contributed by atoms with E-state index >= 15 is 0 Å². The van der Waals surface area contributed by atoms with Gasteiger partial charge in [-0.05, 0) is 38.4 Å². The minimum Gasteiger partial charge on any atom is -0.323 e. The summed E-state index contributed by atoms with van der Waals surface area (Å²) in [6.45, 7) is 1.51. The van der Waals surface area contributed by atoms with Crippen molar-refractivity contribution in [2.75, 3.05) is 25.5 Å². The van der Waals surface area contributed by atoms with Crippen LogP contribution in [0.1, 0.15) is 19.3 Å². The van der Waals surface area contributed by atoms with Crippen molar-refractivity contribution in [1.82, 2.24) is 19.6 Å². The molecule has 2 unspecified atom stereocenters. The van der Waals surface area contributed by atoms with Gasteiger partial charge in [0.15, 0.2) is 0 Å². The van der Waals surface area contributed by atoms with Gasteiger partial charge >= 0.3 is 6.03 Å². The number of fused-ring (bicyclic) bond motifs is 2. The molecule has 0 aliphatic carbocycles. The number of para-hydroxylation sites is 1. The number of carbonyl (C=O) groups is 1. The molecule has 2 aliphatic rings. The Morgan fingerprint density at radius 1 is 1.24 bits per heavy atom. The molecule has 2 aliphatic heterocycles. The zero-order valence-corrected chi connectivity index (χ0v) is 14.2. The summed E-state index contributed by atoms with van der Waals surface area (Å²) in [6, 6.07) is 7.34. The summed E-state index contributed by atoms with van der Waals surface area (Å²) in [5, 5.41) is 7.04. The van der Waals surface area contributed by atoms with Crippen molar-refractivity contribution >= 4 is 11.7 Å². The molecule has 0 spiro atoms. The molecule has 4 rings (SSSR count). The number of likely N-dealkylation sites (N-methyl/N-ethyl adjacent to an activating group) is 1. The molecular formula is C18H22FN5O. The summed E-state index contributed by atoms with van der Waals surface area (Å²) < 4.78 is 15.3. The van der Waals surface area contributed by atoms with Gasteiger partial charge in [-0.1, -0.05) is 12.1 Å². The van der Waals surface area contributed by atoms with Crippen LogP contribution in [0.2, 0.25) is 0 Å². The molecule has 3 heterocycles. The highest BCUT2D eigenvalue weighted by Gasteiger charge is 2.36. The van der Waals surface area contributed by atoms with Gasteiger partial charge in [-0.2, -0.15) is 5.10 Å². The van der Waals surface area contributed by atoms with Crippen molar-refractivity contribution < 1.29 is 9.18 Å². The Hall–Kier alpha value is -2.41. The number of hydrogen-bond acceptors (Lipinski definition) is 3. The number of anilines is 1. The molecule has 25 heavy (non-hydrogen) atoms. The standard InChI is InChI=1S/C18H22FN5O/c1-22-14-6-7-15(22)12-23(9-8-14)18(25)21-13-10-20-24(11-13)17-5-3-2-4-16(17)19/h2-5,10-11,14-15H,6-9,12H2,1H3,(H,21,25). The number of rotatable bonds is 2. The summed E-state index contributed by atoms with van der Waals surface area (Å²) in [5.41, 5.74) is 0.924. The molecule has 2 fully saturated rings. The number of hydrogen-bond donors (Lipinski definition) is 1. The highest BCUT2D eigenvalue weighted by molar-refractivity contribution is 5.89. The van der Waals surface area contributed by atoms with Crippen molar-refractivity contribution in [3.63, 3.8) is 0 Å². The van der Waals surface area contributed by atoms with Crippen LogP contribution in [-0.4, -0.2) is 57.8 Å². The van der Waals surface area contributed by atoms with E-state index in [-0.39, 0.29) is 11.8 Å². The van der Waals surface area contributed by atoms with E-state index in [0.29, 0.717) is 23.5 Å². The van der Waals surface area contributed by atoms with E-state index in [1.54, 1.807) is 30.6 Å². The van der Waals surface area contributed by atoms with Gasteiger partial charge in [-0.15, -0.1) is 0 Å². The van der Waals surface area contributed by atoms with Crippen LogP contribution in [0.15, 0.2) is 36.7 Å². The van der Waals surface area contributed by atoms with Crippen molar-refractivity contribution in [2.45, 2.75) is 31.3 Å². The van der Waals surface area contributed by atoms with Crippen LogP contribution in [0, 0.1) is 5.82 Å². The minimum absolute atomic E-state index is 0.117. The zero-order valence-electron chi connectivity index (χ0n) is 14.2. The second-order valence-electron chi connectivity index (χ2n) is 6.84. The third kappa shape index (κ3) is 3.11. The van der Waals surface area contributed by atoms with E-state index in [1.807, 2.05) is 4.90 Å². The van der Waals surface area contributed by atoms with Crippen LogP contribution < -0.4 is 5.32 Å². The van der Waals surface area contributed by atoms with Gasteiger partial charge < -0.3 is 10.2 Å². The number of nitrogens with one attached hydrogen (secondary N) is 1. The first-order chi connectivity index (χ1) is 12.1. The van der Waals surface area contributed by atoms with E-state index in [2.05, 4.69) is 22.4 Å². The number of benzene rings is 1. The van der Waals surface area contributed by atoms with Crippen molar-refractivity contribution in [3.8, 4) is 5.69 Å². The SMILES string of the molecule is CN1C2CCC1CN(C(=O)Nc1cnn(-c3ccccc3F)c1)CC2. The summed E-state index contributed by atoms with van der Waals surface area (Å²) in [6.07, 6.45) is 6.56. The van der Waals surface area contributed by atoms with E-state index in [0.717, 1.165) is 25.9 Å². The molecule has 7 heteroatoms. The fraction of sp³-hybridized carbons (Fsp3) is 0.444. The second kappa shape index (κ2) is 6.48. The third-order valence-corrected chi connectivity index (χ3v) is 5.37. The molecule has 0 radical (unpaired) electrons. The molecule has 2 saturated heterocycles. The van der Waals surface area contributed by atoms with Crippen molar-refractivity contribution in [2.24, 2.45) is 0 Å². The van der Waals surface area contributed by atoms with Gasteiger partial charge in [0.1, 0.15) is 11.5 Å². The van der Waals surface area contributed by atoms with Crippen LogP contribution in [0.4, 0.5) is 14.9 Å². The molecule has 0 saturated carbocycles. The number of aromatic nitrogens is 2. The van der Waals surface area contributed by atoms with Crippen molar-refractivity contribution in [3.05, 3.63) is 42.5 Å². The molecule has 1 aromatic carbocycles. The Morgan fingerprint density at radius 2 is 2.04 bits per heavy atom. The zero-order chi connectivity index (χ0) is 17.4. The lowest BCUT2D eigenvalue weighted by atomic mass is 10.1. The van der Waals surface area contributed by atoms with E-state index in [9.17, 15) is 9.18 Å². The van der Waals surface area contributed by atoms with Gasteiger partial charge in [0.25, 0.3) is 0 Å². The largest absolute Gasteiger partial charge is 0.323 e. The Morgan fingerprint density at radius 3 is 2.88 bits per heavy atom. The highest BCUT2D eigenvalue weighted by atomic mass is 19.1. The molecule has 1 N–H and O–H groups in total. The minimum atomic E-state index is -0.352. The van der Waals surface area contributed by atoms with Gasteiger partial charge in [-0.25, -0.2) is 13.9 Å². The number of halogens is 1. The van der Waals surface area contributed by atoms with Crippen LogP contribution in [0.3, 0.4) is 0 Å². The highest BCUT2D eigenvalue weighted by Crippen LogP contribution is 2.28. The lowest BCUT2D eigenvalue weighted by Gasteiger charge is -2.25. The average Bonchev–Trinajstić information content (AvgIpc) is 3.12. The van der Waals surface area contributed by atoms with Gasteiger partial charge in [0.2, 0.25) is 0 Å². The Labute approximate surface area is 146 Å². The number of likely N-dealkylation sites (tertiary alicyclic amines) is 1. The maximum Gasteiger partial charge on any atom is 0.321 e.